The van der Waals surface area contributed by atoms with E-state index in [0.29, 0.717) is 42.3 Å². The zero-order chi connectivity index (χ0) is 18.8. The van der Waals surface area contributed by atoms with Gasteiger partial charge in [0.15, 0.2) is 0 Å². The Morgan fingerprint density at radius 2 is 1.67 bits per heavy atom. The fourth-order valence-electron chi connectivity index (χ4n) is 3.79. The van der Waals surface area contributed by atoms with Crippen LogP contribution in [0.5, 0.6) is 0 Å². The van der Waals surface area contributed by atoms with Crippen LogP contribution in [-0.4, -0.2) is 49.4 Å². The van der Waals surface area contributed by atoms with E-state index >= 15 is 0 Å². The number of hydrogen-bond donors (Lipinski definition) is 0. The van der Waals surface area contributed by atoms with Gasteiger partial charge < -0.3 is 14.7 Å². The standard InChI is InChI=1S/C21H22ClN3O2/c22-16-8-9-18(19(15-16)25-10-4-7-20(25)26)21(27)24-13-11-23(12-14-24)17-5-2-1-3-6-17/h1-3,5-6,8-9,15H,4,7,10-14H2. The van der Waals surface area contributed by atoms with Crippen LogP contribution < -0.4 is 9.80 Å². The lowest BCUT2D eigenvalue weighted by Crippen LogP contribution is -2.49. The summed E-state index contributed by atoms with van der Waals surface area (Å²) in [5, 5.41) is 0.537. The Kier molecular flexibility index (Phi) is 5.03. The van der Waals surface area contributed by atoms with Crippen molar-refractivity contribution in [2.45, 2.75) is 12.8 Å². The highest BCUT2D eigenvalue weighted by atomic mass is 35.5. The number of halogens is 1. The number of amides is 2. The first-order valence-electron chi connectivity index (χ1n) is 9.33. The van der Waals surface area contributed by atoms with Crippen LogP contribution in [0.3, 0.4) is 0 Å². The van der Waals surface area contributed by atoms with Gasteiger partial charge in [0.25, 0.3) is 5.91 Å². The lowest BCUT2D eigenvalue weighted by atomic mass is 10.1. The van der Waals surface area contributed by atoms with Crippen LogP contribution in [0.4, 0.5) is 11.4 Å². The van der Waals surface area contributed by atoms with E-state index in [0.717, 1.165) is 19.5 Å². The number of piperazine rings is 1. The van der Waals surface area contributed by atoms with E-state index in [9.17, 15) is 9.59 Å². The van der Waals surface area contributed by atoms with Crippen LogP contribution in [0.1, 0.15) is 23.2 Å². The van der Waals surface area contributed by atoms with Crippen molar-refractivity contribution in [3.05, 3.63) is 59.1 Å². The maximum absolute atomic E-state index is 13.2. The van der Waals surface area contributed by atoms with Gasteiger partial charge in [0, 0.05) is 49.9 Å². The average Bonchev–Trinajstić information content (AvgIpc) is 3.14. The van der Waals surface area contributed by atoms with Gasteiger partial charge in [0.05, 0.1) is 11.3 Å². The third-order valence-electron chi connectivity index (χ3n) is 5.24. The van der Waals surface area contributed by atoms with Gasteiger partial charge in [-0.1, -0.05) is 29.8 Å². The molecule has 2 heterocycles. The minimum atomic E-state index is -0.0333. The lowest BCUT2D eigenvalue weighted by molar-refractivity contribution is -0.117. The molecule has 140 valence electrons. The minimum absolute atomic E-state index is 0.0333. The van der Waals surface area contributed by atoms with Crippen molar-refractivity contribution in [2.75, 3.05) is 42.5 Å². The molecule has 0 aromatic heterocycles. The fourth-order valence-corrected chi connectivity index (χ4v) is 3.96. The molecule has 2 fully saturated rings. The number of carbonyl (C=O) groups is 2. The zero-order valence-electron chi connectivity index (χ0n) is 15.1. The molecule has 5 nitrogen and oxygen atoms in total. The summed E-state index contributed by atoms with van der Waals surface area (Å²) in [6.07, 6.45) is 1.34. The summed E-state index contributed by atoms with van der Waals surface area (Å²) in [5.74, 6) is 0.0225. The number of para-hydroxylation sites is 1. The first-order chi connectivity index (χ1) is 13.1. The Morgan fingerprint density at radius 1 is 0.926 bits per heavy atom. The molecule has 2 saturated heterocycles. The number of rotatable bonds is 3. The van der Waals surface area contributed by atoms with Crippen LogP contribution in [0.25, 0.3) is 0 Å². The summed E-state index contributed by atoms with van der Waals surface area (Å²) in [6, 6.07) is 15.4. The third-order valence-corrected chi connectivity index (χ3v) is 5.48. The molecule has 2 amide bonds. The van der Waals surface area contributed by atoms with Crippen LogP contribution in [0, 0.1) is 0 Å². The van der Waals surface area contributed by atoms with Crippen LogP contribution >= 0.6 is 11.6 Å². The van der Waals surface area contributed by atoms with Crippen molar-refractivity contribution in [3.63, 3.8) is 0 Å². The van der Waals surface area contributed by atoms with E-state index in [2.05, 4.69) is 17.0 Å². The molecule has 2 aliphatic rings. The Bertz CT molecular complexity index is 848. The summed E-state index contributed by atoms with van der Waals surface area (Å²) in [4.78, 5) is 31.2. The van der Waals surface area contributed by atoms with Gasteiger partial charge >= 0.3 is 0 Å². The summed E-state index contributed by atoms with van der Waals surface area (Å²) in [5.41, 5.74) is 2.38. The zero-order valence-corrected chi connectivity index (χ0v) is 15.9. The van der Waals surface area contributed by atoms with Crippen LogP contribution in [0.2, 0.25) is 5.02 Å². The Morgan fingerprint density at radius 3 is 2.33 bits per heavy atom. The number of hydrogen-bond acceptors (Lipinski definition) is 3. The predicted octanol–water partition coefficient (Wildman–Crippen LogP) is 3.43. The Balaban J connectivity index is 1.51. The molecule has 0 radical (unpaired) electrons. The Labute approximate surface area is 164 Å². The maximum atomic E-state index is 13.2. The predicted molar refractivity (Wildman–Crippen MR) is 108 cm³/mol. The average molecular weight is 384 g/mol. The topological polar surface area (TPSA) is 43.9 Å². The van der Waals surface area contributed by atoms with Crippen molar-refractivity contribution < 1.29 is 9.59 Å². The molecule has 27 heavy (non-hydrogen) atoms. The first kappa shape index (κ1) is 17.9. The van der Waals surface area contributed by atoms with Crippen molar-refractivity contribution in [1.29, 1.82) is 0 Å². The maximum Gasteiger partial charge on any atom is 0.256 e. The quantitative estimate of drug-likeness (QED) is 0.815. The van der Waals surface area contributed by atoms with Crippen molar-refractivity contribution in [1.82, 2.24) is 4.90 Å². The molecule has 0 bridgehead atoms. The second-order valence-electron chi connectivity index (χ2n) is 6.93. The highest BCUT2D eigenvalue weighted by Gasteiger charge is 2.29. The largest absolute Gasteiger partial charge is 0.368 e. The fraction of sp³-hybridized carbons (Fsp3) is 0.333. The molecule has 0 spiro atoms. The molecule has 2 aliphatic heterocycles. The van der Waals surface area contributed by atoms with Crippen LogP contribution in [0.15, 0.2) is 48.5 Å². The molecular formula is C21H22ClN3O2. The minimum Gasteiger partial charge on any atom is -0.368 e. The SMILES string of the molecule is O=C(c1ccc(Cl)cc1N1CCCC1=O)N1CCN(c2ccccc2)CC1. The van der Waals surface area contributed by atoms with Gasteiger partial charge in [-0.15, -0.1) is 0 Å². The van der Waals surface area contributed by atoms with Gasteiger partial charge in [-0.3, -0.25) is 9.59 Å². The molecule has 0 atom stereocenters. The molecule has 2 aromatic rings. The lowest BCUT2D eigenvalue weighted by Gasteiger charge is -2.36. The summed E-state index contributed by atoms with van der Waals surface area (Å²) < 4.78 is 0. The first-order valence-corrected chi connectivity index (χ1v) is 9.70. The van der Waals surface area contributed by atoms with Crippen molar-refractivity contribution in [2.24, 2.45) is 0 Å². The van der Waals surface area contributed by atoms with Crippen LogP contribution in [-0.2, 0) is 4.79 Å². The monoisotopic (exact) mass is 383 g/mol. The molecule has 0 N–H and O–H groups in total. The molecule has 0 saturated carbocycles. The van der Waals surface area contributed by atoms with E-state index in [1.165, 1.54) is 5.69 Å². The normalized spacial score (nSPS) is 17.5. The van der Waals surface area contributed by atoms with Gasteiger partial charge in [-0.25, -0.2) is 0 Å². The molecule has 2 aromatic carbocycles. The smallest absolute Gasteiger partial charge is 0.256 e. The molecule has 0 unspecified atom stereocenters. The van der Waals surface area contributed by atoms with E-state index in [-0.39, 0.29) is 11.8 Å². The number of nitrogens with zero attached hydrogens (tertiary/aromatic N) is 3. The molecule has 4 rings (SSSR count). The second kappa shape index (κ2) is 7.61. The third kappa shape index (κ3) is 3.65. The molecule has 0 aliphatic carbocycles. The number of carbonyl (C=O) groups excluding carboxylic acids is 2. The van der Waals surface area contributed by atoms with E-state index in [1.807, 2.05) is 23.1 Å². The summed E-state index contributed by atoms with van der Waals surface area (Å²) in [6.45, 7) is 3.54. The van der Waals surface area contributed by atoms with Gasteiger partial charge in [0.2, 0.25) is 5.91 Å². The van der Waals surface area contributed by atoms with Gasteiger partial charge in [-0.05, 0) is 36.8 Å². The number of benzene rings is 2. The molecular weight excluding hydrogens is 362 g/mol. The summed E-state index contributed by atoms with van der Waals surface area (Å²) in [7, 11) is 0. The second-order valence-corrected chi connectivity index (χ2v) is 7.36. The van der Waals surface area contributed by atoms with Crippen molar-refractivity contribution in [3.8, 4) is 0 Å². The van der Waals surface area contributed by atoms with E-state index in [1.54, 1.807) is 23.1 Å². The van der Waals surface area contributed by atoms with Crippen molar-refractivity contribution >= 4 is 34.8 Å². The highest BCUT2D eigenvalue weighted by molar-refractivity contribution is 6.31. The van der Waals surface area contributed by atoms with Gasteiger partial charge in [-0.2, -0.15) is 0 Å². The number of anilines is 2. The van der Waals surface area contributed by atoms with E-state index in [4.69, 9.17) is 11.6 Å². The Hall–Kier alpha value is -2.53. The summed E-state index contributed by atoms with van der Waals surface area (Å²) >= 11 is 6.15. The molecule has 6 heteroatoms. The van der Waals surface area contributed by atoms with E-state index < -0.39 is 0 Å². The van der Waals surface area contributed by atoms with Gasteiger partial charge in [0.1, 0.15) is 0 Å². The highest BCUT2D eigenvalue weighted by Crippen LogP contribution is 2.30.